The molecule has 8 heteroatoms. The largest absolute Gasteiger partial charge is 0.376 e. The van der Waals surface area contributed by atoms with Gasteiger partial charge in [-0.1, -0.05) is 0 Å². The van der Waals surface area contributed by atoms with Gasteiger partial charge in [-0.15, -0.1) is 0 Å². The molecule has 8 nitrogen and oxygen atoms in total. The summed E-state index contributed by atoms with van der Waals surface area (Å²) in [6.45, 7) is 0.000972. The lowest BCUT2D eigenvalue weighted by atomic mass is 10.4. The van der Waals surface area contributed by atoms with Gasteiger partial charge in [-0.2, -0.15) is 11.1 Å². The monoisotopic (exact) mass is 163 g/mol. The fourth-order valence-electron chi connectivity index (χ4n) is 0.411. The van der Waals surface area contributed by atoms with Gasteiger partial charge >= 0.3 is 0 Å². The van der Waals surface area contributed by atoms with E-state index in [0.717, 1.165) is 0 Å². The van der Waals surface area contributed by atoms with Crippen molar-refractivity contribution in [3.05, 3.63) is 0 Å². The van der Waals surface area contributed by atoms with E-state index >= 15 is 0 Å². The molecule has 0 fully saturated rings. The topological polar surface area (TPSA) is 126 Å². The first-order valence-electron chi connectivity index (χ1n) is 2.68. The van der Waals surface area contributed by atoms with Crippen molar-refractivity contribution in [1.82, 2.24) is 0 Å². The van der Waals surface area contributed by atoms with E-state index in [1.54, 1.807) is 0 Å². The van der Waals surface area contributed by atoms with Crippen molar-refractivity contribution >= 4 is 0 Å². The van der Waals surface area contributed by atoms with Gasteiger partial charge in [0.15, 0.2) is 12.7 Å². The lowest BCUT2D eigenvalue weighted by Gasteiger charge is -2.09. The number of nitrogens with two attached hydrogens (primary N) is 1. The van der Waals surface area contributed by atoms with Crippen molar-refractivity contribution < 1.29 is 14.5 Å². The first-order chi connectivity index (χ1) is 5.35. The molecule has 0 aliphatic rings. The van der Waals surface area contributed by atoms with E-state index in [-0.39, 0.29) is 13.2 Å². The van der Waals surface area contributed by atoms with E-state index in [2.05, 4.69) is 25.1 Å². The van der Waals surface area contributed by atoms with Gasteiger partial charge in [0.1, 0.15) is 6.61 Å². The van der Waals surface area contributed by atoms with Crippen LogP contribution in [-0.2, 0) is 14.5 Å². The summed E-state index contributed by atoms with van der Waals surface area (Å²) in [4.78, 5) is 12.9. The van der Waals surface area contributed by atoms with Crippen LogP contribution >= 0.6 is 0 Å². The molecule has 11 heavy (non-hydrogen) atoms. The van der Waals surface area contributed by atoms with Crippen LogP contribution in [0.15, 0.2) is 10.6 Å². The van der Waals surface area contributed by atoms with Gasteiger partial charge in [-0.25, -0.2) is 5.90 Å². The van der Waals surface area contributed by atoms with Crippen molar-refractivity contribution in [3.8, 4) is 0 Å². The predicted molar refractivity (Wildman–Crippen MR) is 31.3 cm³/mol. The molecule has 0 aliphatic heterocycles. The highest BCUT2D eigenvalue weighted by Gasteiger charge is 2.10. The van der Waals surface area contributed by atoms with Crippen LogP contribution < -0.4 is 5.90 Å². The second-order valence-electron chi connectivity index (χ2n) is 1.54. The van der Waals surface area contributed by atoms with Gasteiger partial charge in [-0.3, -0.25) is 0 Å². The summed E-state index contributed by atoms with van der Waals surface area (Å²) in [5.41, 5.74) is 12.6. The fourth-order valence-corrected chi connectivity index (χ4v) is 0.411. The molecule has 0 aliphatic carbocycles. The zero-order valence-electron chi connectivity index (χ0n) is 5.69. The Hall–Kier alpha value is -1.28. The normalized spacial score (nSPS) is 11.7. The summed E-state index contributed by atoms with van der Waals surface area (Å²) in [5.74, 6) is 4.72. The Morgan fingerprint density at radius 2 is 2.00 bits per heavy atom. The minimum atomic E-state index is -0.605. The lowest BCUT2D eigenvalue weighted by Crippen LogP contribution is -2.24. The highest BCUT2D eigenvalue weighted by molar-refractivity contribution is 4.50. The van der Waals surface area contributed by atoms with Gasteiger partial charge in [-0.05, 0) is 0 Å². The first-order valence-corrected chi connectivity index (χ1v) is 2.68. The average Bonchev–Trinajstić information content (AvgIpc) is 2.01. The molecule has 4 N–H and O–H groups in total. The maximum absolute atomic E-state index is 6.32. The molecule has 0 aromatic carbocycles. The number of hydrogen-bond donors (Lipinski definition) is 3. The van der Waals surface area contributed by atoms with Crippen LogP contribution in [0.5, 0.6) is 0 Å². The van der Waals surface area contributed by atoms with Gasteiger partial charge in [0, 0.05) is 10.6 Å². The van der Waals surface area contributed by atoms with Crippen LogP contribution in [0.3, 0.4) is 0 Å². The van der Waals surface area contributed by atoms with E-state index < -0.39 is 6.10 Å². The van der Waals surface area contributed by atoms with E-state index in [1.807, 2.05) is 0 Å². The number of nitrogens with one attached hydrogen (secondary N) is 2. The molecule has 0 saturated heterocycles. The molecule has 0 radical (unpaired) electrons. The first kappa shape index (κ1) is 9.72. The van der Waals surface area contributed by atoms with E-state index in [0.29, 0.717) is 0 Å². The molecular formula is C3H9N5O3. The Labute approximate surface area is 62.5 Å². The second-order valence-corrected chi connectivity index (χ2v) is 1.54. The molecule has 1 unspecified atom stereocenters. The van der Waals surface area contributed by atoms with Crippen LogP contribution in [0.2, 0.25) is 0 Å². The minimum Gasteiger partial charge on any atom is -0.376 e. The summed E-state index contributed by atoms with van der Waals surface area (Å²) >= 11 is 0. The Morgan fingerprint density at radius 3 is 2.45 bits per heavy atom. The zero-order valence-corrected chi connectivity index (χ0v) is 5.69. The summed E-state index contributed by atoms with van der Waals surface area (Å²) in [7, 11) is 0. The number of hydrogen-bond acceptors (Lipinski definition) is 8. The number of nitrogens with zero attached hydrogens (tertiary/aromatic N) is 2. The molecule has 64 valence electrons. The summed E-state index contributed by atoms with van der Waals surface area (Å²) in [5, 5.41) is 5.25. The predicted octanol–water partition coefficient (Wildman–Crippen LogP) is 0.170. The van der Waals surface area contributed by atoms with E-state index in [4.69, 9.17) is 17.0 Å². The van der Waals surface area contributed by atoms with Crippen molar-refractivity contribution in [2.75, 3.05) is 13.2 Å². The third-order valence-electron chi connectivity index (χ3n) is 0.809. The molecule has 0 rings (SSSR count). The van der Waals surface area contributed by atoms with Crippen LogP contribution in [0.25, 0.3) is 0 Å². The van der Waals surface area contributed by atoms with Crippen LogP contribution in [-0.4, -0.2) is 19.3 Å². The van der Waals surface area contributed by atoms with Gasteiger partial charge in [0.05, 0.1) is 0 Å². The summed E-state index contributed by atoms with van der Waals surface area (Å²) in [6.07, 6.45) is -0.605. The molecule has 0 saturated carbocycles. The van der Waals surface area contributed by atoms with E-state index in [9.17, 15) is 0 Å². The quantitative estimate of drug-likeness (QED) is 0.365. The van der Waals surface area contributed by atoms with Crippen molar-refractivity contribution in [2.24, 2.45) is 16.5 Å². The van der Waals surface area contributed by atoms with Crippen LogP contribution in [0.1, 0.15) is 0 Å². The Morgan fingerprint density at radius 1 is 1.27 bits per heavy atom. The molecule has 0 heterocycles. The maximum Gasteiger partial charge on any atom is 0.190 e. The fraction of sp³-hybridized carbons (Fsp3) is 1.00. The third kappa shape index (κ3) is 5.18. The van der Waals surface area contributed by atoms with E-state index in [1.165, 1.54) is 0 Å². The van der Waals surface area contributed by atoms with Gasteiger partial charge < -0.3 is 14.5 Å². The third-order valence-corrected chi connectivity index (χ3v) is 0.809. The second kappa shape index (κ2) is 6.83. The molecule has 0 aromatic rings. The summed E-state index contributed by atoms with van der Waals surface area (Å²) < 4.78 is 0. The standard InChI is InChI=1S/C3H9N5O3/c4-7-10-2-3(1-9-6)11-8-5/h3-5H,1-2,6H2. The highest BCUT2D eigenvalue weighted by Crippen LogP contribution is 1.94. The van der Waals surface area contributed by atoms with Crippen LogP contribution in [0, 0.1) is 11.1 Å². The lowest BCUT2D eigenvalue weighted by molar-refractivity contribution is -0.0721. The molecule has 0 bridgehead atoms. The Balaban J connectivity index is 3.49. The molecule has 0 aromatic heterocycles. The highest BCUT2D eigenvalue weighted by atomic mass is 16.7. The van der Waals surface area contributed by atoms with Crippen molar-refractivity contribution in [2.45, 2.75) is 6.10 Å². The molecular weight excluding hydrogens is 154 g/mol. The SMILES string of the molecule is N=NOCC(CON)ON=N. The van der Waals surface area contributed by atoms with Crippen molar-refractivity contribution in [3.63, 3.8) is 0 Å². The Kier molecular flexibility index (Phi) is 6.04. The van der Waals surface area contributed by atoms with Gasteiger partial charge in [0.2, 0.25) is 0 Å². The van der Waals surface area contributed by atoms with Crippen LogP contribution in [0.4, 0.5) is 0 Å². The molecule has 0 amide bonds. The smallest absolute Gasteiger partial charge is 0.190 e. The average molecular weight is 163 g/mol. The minimum absolute atomic E-state index is 0.0247. The zero-order chi connectivity index (χ0) is 8.53. The molecule has 1 atom stereocenters. The maximum atomic E-state index is 6.32. The van der Waals surface area contributed by atoms with Crippen molar-refractivity contribution in [1.29, 1.82) is 11.1 Å². The Bertz CT molecular complexity index is 120. The van der Waals surface area contributed by atoms with Gasteiger partial charge in [0.25, 0.3) is 0 Å². The summed E-state index contributed by atoms with van der Waals surface area (Å²) in [6, 6.07) is 0. The molecule has 0 spiro atoms. The number of rotatable bonds is 7.